The lowest BCUT2D eigenvalue weighted by molar-refractivity contribution is -0.134. The van der Waals surface area contributed by atoms with Gasteiger partial charge in [-0.05, 0) is 24.6 Å². The summed E-state index contributed by atoms with van der Waals surface area (Å²) in [6, 6.07) is 15.4. The quantitative estimate of drug-likeness (QED) is 0.469. The van der Waals surface area contributed by atoms with Gasteiger partial charge >= 0.3 is 5.97 Å². The zero-order valence-corrected chi connectivity index (χ0v) is 14.8. The first-order valence-corrected chi connectivity index (χ1v) is 9.30. The largest absolute Gasteiger partial charge is 0.466 e. The summed E-state index contributed by atoms with van der Waals surface area (Å²) in [5, 5.41) is 0. The van der Waals surface area contributed by atoms with Crippen molar-refractivity contribution in [2.75, 3.05) is 7.11 Å². The fourth-order valence-electron chi connectivity index (χ4n) is 2.80. The molecular formula is C19H19NO4S. The van der Waals surface area contributed by atoms with Gasteiger partial charge in [-0.3, -0.25) is 0 Å². The number of benzene rings is 2. The SMILES string of the molecule is COC(=O)/C=C/[C@H]1[C@H](c2ccccc2)N1S(=O)(=O)c1ccc(C)cc1. The number of ether oxygens (including phenoxy) is 1. The van der Waals surface area contributed by atoms with Crippen LogP contribution in [0.5, 0.6) is 0 Å². The van der Waals surface area contributed by atoms with E-state index < -0.39 is 22.0 Å². The number of aryl methyl sites for hydroxylation is 1. The molecule has 0 aromatic heterocycles. The Labute approximate surface area is 147 Å². The topological polar surface area (TPSA) is 63.5 Å². The molecular weight excluding hydrogens is 338 g/mol. The van der Waals surface area contributed by atoms with Gasteiger partial charge in [0.25, 0.3) is 0 Å². The number of hydrogen-bond acceptors (Lipinski definition) is 4. The summed E-state index contributed by atoms with van der Waals surface area (Å²) in [7, 11) is -2.37. The monoisotopic (exact) mass is 357 g/mol. The van der Waals surface area contributed by atoms with E-state index in [-0.39, 0.29) is 10.9 Å². The molecule has 0 amide bonds. The molecule has 1 aliphatic heterocycles. The second-order valence-corrected chi connectivity index (χ2v) is 7.72. The first-order valence-electron chi connectivity index (χ1n) is 7.86. The summed E-state index contributed by atoms with van der Waals surface area (Å²) in [5.41, 5.74) is 1.88. The maximum absolute atomic E-state index is 13.0. The van der Waals surface area contributed by atoms with Crippen LogP contribution in [0, 0.1) is 6.92 Å². The van der Waals surface area contributed by atoms with E-state index in [1.54, 1.807) is 30.3 Å². The number of sulfonamides is 1. The molecule has 2 aromatic carbocycles. The van der Waals surface area contributed by atoms with Crippen LogP contribution < -0.4 is 0 Å². The van der Waals surface area contributed by atoms with Crippen molar-refractivity contribution in [3.05, 3.63) is 77.9 Å². The van der Waals surface area contributed by atoms with Gasteiger partial charge in [0.1, 0.15) is 0 Å². The molecule has 0 saturated carbocycles. The Kier molecular flexibility index (Phi) is 4.74. The molecule has 130 valence electrons. The molecule has 1 aliphatic rings. The summed E-state index contributed by atoms with van der Waals surface area (Å²) < 4.78 is 32.0. The van der Waals surface area contributed by atoms with Gasteiger partial charge in [-0.2, -0.15) is 4.31 Å². The fraction of sp³-hybridized carbons (Fsp3) is 0.211. The van der Waals surface area contributed by atoms with Crippen molar-refractivity contribution in [2.45, 2.75) is 23.9 Å². The average molecular weight is 357 g/mol. The average Bonchev–Trinajstić information content (AvgIpc) is 3.36. The third-order valence-corrected chi connectivity index (χ3v) is 6.06. The molecule has 1 heterocycles. The number of nitrogens with zero attached hydrogens (tertiary/aromatic N) is 1. The van der Waals surface area contributed by atoms with Crippen LogP contribution in [0.3, 0.4) is 0 Å². The van der Waals surface area contributed by atoms with Gasteiger partial charge in [0.05, 0.1) is 24.1 Å². The Hall–Kier alpha value is -2.44. The summed E-state index contributed by atoms with van der Waals surface area (Å²) in [4.78, 5) is 11.6. The van der Waals surface area contributed by atoms with E-state index in [1.807, 2.05) is 37.3 Å². The van der Waals surface area contributed by atoms with Crippen molar-refractivity contribution < 1.29 is 17.9 Å². The van der Waals surface area contributed by atoms with Crippen LogP contribution in [0.1, 0.15) is 17.2 Å². The number of methoxy groups -OCH3 is 1. The van der Waals surface area contributed by atoms with E-state index in [0.717, 1.165) is 11.1 Å². The molecule has 3 rings (SSSR count). The van der Waals surface area contributed by atoms with Crippen LogP contribution in [0.4, 0.5) is 0 Å². The molecule has 0 bridgehead atoms. The molecule has 3 atom stereocenters. The highest BCUT2D eigenvalue weighted by Gasteiger charge is 2.54. The van der Waals surface area contributed by atoms with Crippen molar-refractivity contribution in [1.82, 2.24) is 4.31 Å². The molecule has 0 N–H and O–H groups in total. The zero-order valence-electron chi connectivity index (χ0n) is 14.0. The second kappa shape index (κ2) is 6.82. The van der Waals surface area contributed by atoms with Crippen LogP contribution in [0.25, 0.3) is 0 Å². The Balaban J connectivity index is 1.95. The van der Waals surface area contributed by atoms with E-state index in [2.05, 4.69) is 4.74 Å². The molecule has 0 aliphatic carbocycles. The fourth-order valence-corrected chi connectivity index (χ4v) is 4.52. The highest BCUT2D eigenvalue weighted by Crippen LogP contribution is 2.48. The van der Waals surface area contributed by atoms with Crippen molar-refractivity contribution in [1.29, 1.82) is 0 Å². The van der Waals surface area contributed by atoms with Crippen molar-refractivity contribution in [2.24, 2.45) is 0 Å². The first-order chi connectivity index (χ1) is 11.9. The van der Waals surface area contributed by atoms with Crippen LogP contribution in [-0.4, -0.2) is 31.8 Å². The lowest BCUT2D eigenvalue weighted by atomic mass is 10.1. The van der Waals surface area contributed by atoms with Gasteiger partial charge in [0, 0.05) is 6.08 Å². The maximum Gasteiger partial charge on any atom is 0.330 e. The maximum atomic E-state index is 13.0. The lowest BCUT2D eigenvalue weighted by Gasteiger charge is -2.07. The first kappa shape index (κ1) is 17.4. The molecule has 25 heavy (non-hydrogen) atoms. The predicted octanol–water partition coefficient (Wildman–Crippen LogP) is 2.84. The highest BCUT2D eigenvalue weighted by molar-refractivity contribution is 7.89. The normalized spacial score (nSPS) is 22.7. The smallest absolute Gasteiger partial charge is 0.330 e. The van der Waals surface area contributed by atoms with E-state index in [9.17, 15) is 13.2 Å². The van der Waals surface area contributed by atoms with Crippen LogP contribution in [-0.2, 0) is 19.6 Å². The summed E-state index contributed by atoms with van der Waals surface area (Å²) in [6.07, 6.45) is 2.85. The van der Waals surface area contributed by atoms with Gasteiger partial charge in [0.2, 0.25) is 10.0 Å². The van der Waals surface area contributed by atoms with Gasteiger partial charge in [-0.1, -0.05) is 54.1 Å². The van der Waals surface area contributed by atoms with Crippen molar-refractivity contribution >= 4 is 16.0 Å². The van der Waals surface area contributed by atoms with Crippen LogP contribution in [0.2, 0.25) is 0 Å². The minimum Gasteiger partial charge on any atom is -0.466 e. The number of esters is 1. The Morgan fingerprint density at radius 2 is 1.72 bits per heavy atom. The van der Waals surface area contributed by atoms with Crippen molar-refractivity contribution in [3.63, 3.8) is 0 Å². The van der Waals surface area contributed by atoms with E-state index in [0.29, 0.717) is 0 Å². The number of carbonyl (C=O) groups excluding carboxylic acids is 1. The third kappa shape index (κ3) is 3.50. The lowest BCUT2D eigenvalue weighted by Crippen LogP contribution is -2.14. The Morgan fingerprint density at radius 1 is 1.08 bits per heavy atom. The molecule has 0 spiro atoms. The molecule has 2 aromatic rings. The summed E-state index contributed by atoms with van der Waals surface area (Å²) in [6.45, 7) is 1.91. The van der Waals surface area contributed by atoms with Crippen LogP contribution in [0.15, 0.2) is 71.6 Å². The number of hydrogen-bond donors (Lipinski definition) is 0. The van der Waals surface area contributed by atoms with Gasteiger partial charge in [-0.15, -0.1) is 0 Å². The second-order valence-electron chi connectivity index (χ2n) is 5.88. The van der Waals surface area contributed by atoms with Gasteiger partial charge in [0.15, 0.2) is 0 Å². The van der Waals surface area contributed by atoms with E-state index >= 15 is 0 Å². The number of carbonyl (C=O) groups is 1. The Morgan fingerprint density at radius 3 is 2.32 bits per heavy atom. The molecule has 6 heteroatoms. The van der Waals surface area contributed by atoms with E-state index in [4.69, 9.17) is 0 Å². The molecule has 0 radical (unpaired) electrons. The molecule has 1 unspecified atom stereocenters. The third-order valence-electron chi connectivity index (χ3n) is 4.17. The zero-order chi connectivity index (χ0) is 18.0. The number of rotatable bonds is 5. The Bertz CT molecular complexity index is 889. The van der Waals surface area contributed by atoms with Crippen LogP contribution >= 0.6 is 0 Å². The summed E-state index contributed by atoms with van der Waals surface area (Å²) in [5.74, 6) is -0.508. The molecule has 1 saturated heterocycles. The highest BCUT2D eigenvalue weighted by atomic mass is 32.2. The van der Waals surface area contributed by atoms with Gasteiger partial charge < -0.3 is 4.74 Å². The predicted molar refractivity (Wildman–Crippen MR) is 94.3 cm³/mol. The minimum atomic E-state index is -3.65. The molecule has 5 nitrogen and oxygen atoms in total. The van der Waals surface area contributed by atoms with Crippen molar-refractivity contribution in [3.8, 4) is 0 Å². The summed E-state index contributed by atoms with van der Waals surface area (Å²) >= 11 is 0. The van der Waals surface area contributed by atoms with E-state index in [1.165, 1.54) is 17.5 Å². The standard InChI is InChI=1S/C19H19NO4S/c1-14-8-10-16(11-9-14)25(22,23)20-17(12-13-18(21)24-2)19(20)15-6-4-3-5-7-15/h3-13,17,19H,1-2H3/b13-12+/t17-,19-,20?/m0/s1. The molecule has 1 fully saturated rings. The van der Waals surface area contributed by atoms with Gasteiger partial charge in [-0.25, -0.2) is 13.2 Å². The minimum absolute atomic E-state index is 0.244.